The van der Waals surface area contributed by atoms with Crippen molar-refractivity contribution in [2.45, 2.75) is 25.9 Å². The van der Waals surface area contributed by atoms with Gasteiger partial charge in [-0.25, -0.2) is 0 Å². The molecule has 0 spiro atoms. The number of amides is 2. The Balaban J connectivity index is 1.77. The van der Waals surface area contributed by atoms with E-state index in [9.17, 15) is 14.4 Å². The monoisotopic (exact) mass is 355 g/mol. The summed E-state index contributed by atoms with van der Waals surface area (Å²) < 4.78 is 5.39. The van der Waals surface area contributed by atoms with Crippen LogP contribution in [0.15, 0.2) is 41.3 Å². The third-order valence-electron chi connectivity index (χ3n) is 4.49. The van der Waals surface area contributed by atoms with E-state index in [1.165, 1.54) is 17.2 Å². The summed E-state index contributed by atoms with van der Waals surface area (Å²) in [5.74, 6) is -0.480. The van der Waals surface area contributed by atoms with Gasteiger partial charge in [0, 0.05) is 38.0 Å². The van der Waals surface area contributed by atoms with Crippen LogP contribution in [0.3, 0.4) is 0 Å². The van der Waals surface area contributed by atoms with Crippen LogP contribution in [0.4, 0.5) is 0 Å². The first-order valence-electron chi connectivity index (χ1n) is 8.39. The average molecular weight is 355 g/mol. The van der Waals surface area contributed by atoms with Crippen LogP contribution in [0, 0.1) is 6.92 Å². The van der Waals surface area contributed by atoms with E-state index in [0.717, 1.165) is 11.1 Å². The van der Waals surface area contributed by atoms with Crippen LogP contribution < -0.4 is 15.5 Å². The predicted molar refractivity (Wildman–Crippen MR) is 95.8 cm³/mol. The zero-order valence-corrected chi connectivity index (χ0v) is 14.7. The normalized spacial score (nSPS) is 15.9. The first-order valence-corrected chi connectivity index (χ1v) is 8.39. The number of fused-ring (bicyclic) bond motifs is 1. The van der Waals surface area contributed by atoms with Gasteiger partial charge in [0.2, 0.25) is 11.3 Å². The summed E-state index contributed by atoms with van der Waals surface area (Å²) in [6.07, 6.45) is 1.89. The molecule has 0 radical (unpaired) electrons. The van der Waals surface area contributed by atoms with Gasteiger partial charge in [0.15, 0.2) is 12.4 Å². The Labute approximate surface area is 151 Å². The van der Waals surface area contributed by atoms with Crippen molar-refractivity contribution in [1.82, 2.24) is 15.2 Å². The summed E-state index contributed by atoms with van der Waals surface area (Å²) in [6, 6.07) is 8.55. The lowest BCUT2D eigenvalue weighted by Gasteiger charge is -2.35. The van der Waals surface area contributed by atoms with E-state index in [1.807, 2.05) is 24.3 Å². The molecule has 0 bridgehead atoms. The highest BCUT2D eigenvalue weighted by atomic mass is 16.5. The van der Waals surface area contributed by atoms with Gasteiger partial charge in [0.1, 0.15) is 6.04 Å². The standard InChI is InChI=1S/C19H21N3O4/c1-12-7-16(23)17(9-21-12)26-11-18(24)22-10-14-6-4-3-5-13(14)8-15(22)19(25)20-2/h3-7,9,15H,8,10-11H2,1-2H3,(H,20,25)(H,21,23). The third-order valence-corrected chi connectivity index (χ3v) is 4.49. The maximum Gasteiger partial charge on any atom is 0.261 e. The van der Waals surface area contributed by atoms with E-state index in [1.54, 1.807) is 14.0 Å². The number of nitrogens with zero attached hydrogens (tertiary/aromatic N) is 1. The van der Waals surface area contributed by atoms with Crippen molar-refractivity contribution in [2.75, 3.05) is 13.7 Å². The molecule has 0 aliphatic carbocycles. The second kappa shape index (κ2) is 7.43. The van der Waals surface area contributed by atoms with Crippen molar-refractivity contribution in [3.63, 3.8) is 0 Å². The van der Waals surface area contributed by atoms with Gasteiger partial charge in [-0.05, 0) is 18.1 Å². The first kappa shape index (κ1) is 17.7. The first-order chi connectivity index (χ1) is 12.5. The minimum absolute atomic E-state index is 0.0813. The molecule has 1 aliphatic rings. The van der Waals surface area contributed by atoms with Crippen molar-refractivity contribution in [3.8, 4) is 5.75 Å². The fourth-order valence-corrected chi connectivity index (χ4v) is 3.08. The summed E-state index contributed by atoms with van der Waals surface area (Å²) in [5.41, 5.74) is 2.48. The Morgan fingerprint density at radius 2 is 2.04 bits per heavy atom. The molecular weight excluding hydrogens is 334 g/mol. The quantitative estimate of drug-likeness (QED) is 0.847. The molecule has 1 unspecified atom stereocenters. The molecule has 7 heteroatoms. The molecule has 1 atom stereocenters. The number of hydrogen-bond acceptors (Lipinski definition) is 4. The van der Waals surface area contributed by atoms with E-state index < -0.39 is 6.04 Å². The molecule has 0 saturated carbocycles. The Hall–Kier alpha value is -3.09. The van der Waals surface area contributed by atoms with Crippen LogP contribution in [0.5, 0.6) is 5.75 Å². The molecule has 2 N–H and O–H groups in total. The Bertz CT molecular complexity index is 890. The fraction of sp³-hybridized carbons (Fsp3) is 0.316. The largest absolute Gasteiger partial charge is 0.478 e. The SMILES string of the molecule is CNC(=O)C1Cc2ccccc2CN1C(=O)COc1c[nH]c(C)cc1=O. The Morgan fingerprint density at radius 3 is 2.73 bits per heavy atom. The number of aromatic nitrogens is 1. The minimum atomic E-state index is -0.595. The van der Waals surface area contributed by atoms with Gasteiger partial charge in [0.25, 0.3) is 5.91 Å². The van der Waals surface area contributed by atoms with E-state index in [4.69, 9.17) is 4.74 Å². The number of aromatic amines is 1. The van der Waals surface area contributed by atoms with Crippen LogP contribution >= 0.6 is 0 Å². The maximum atomic E-state index is 12.7. The maximum absolute atomic E-state index is 12.7. The molecule has 2 aromatic rings. The molecule has 0 saturated heterocycles. The van der Waals surface area contributed by atoms with Gasteiger partial charge in [-0.3, -0.25) is 14.4 Å². The second-order valence-electron chi connectivity index (χ2n) is 6.26. The highest BCUT2D eigenvalue weighted by Crippen LogP contribution is 2.23. The lowest BCUT2D eigenvalue weighted by Crippen LogP contribution is -2.53. The van der Waals surface area contributed by atoms with Gasteiger partial charge < -0.3 is 19.9 Å². The predicted octanol–water partition coefficient (Wildman–Crippen LogP) is 0.762. The molecular formula is C19H21N3O4. The average Bonchev–Trinajstić information content (AvgIpc) is 2.65. The van der Waals surface area contributed by atoms with Crippen molar-refractivity contribution >= 4 is 11.8 Å². The van der Waals surface area contributed by atoms with Crippen molar-refractivity contribution in [1.29, 1.82) is 0 Å². The number of rotatable bonds is 4. The minimum Gasteiger partial charge on any atom is -0.478 e. The number of pyridine rings is 1. The van der Waals surface area contributed by atoms with Gasteiger partial charge in [-0.15, -0.1) is 0 Å². The van der Waals surface area contributed by atoms with Gasteiger partial charge >= 0.3 is 0 Å². The summed E-state index contributed by atoms with van der Waals surface area (Å²) in [6.45, 7) is 1.79. The number of hydrogen-bond donors (Lipinski definition) is 2. The molecule has 136 valence electrons. The van der Waals surface area contributed by atoms with E-state index in [0.29, 0.717) is 18.7 Å². The number of ether oxygens (including phenoxy) is 1. The molecule has 1 aromatic carbocycles. The van der Waals surface area contributed by atoms with E-state index in [-0.39, 0.29) is 29.6 Å². The molecule has 1 aromatic heterocycles. The summed E-state index contributed by atoms with van der Waals surface area (Å²) in [4.78, 5) is 41.2. The molecule has 26 heavy (non-hydrogen) atoms. The lowest BCUT2D eigenvalue weighted by molar-refractivity contribution is -0.143. The van der Waals surface area contributed by atoms with Crippen LogP contribution in [0.1, 0.15) is 16.8 Å². The number of carbonyl (C=O) groups excluding carboxylic acids is 2. The van der Waals surface area contributed by atoms with E-state index >= 15 is 0 Å². The van der Waals surface area contributed by atoms with Crippen LogP contribution in [0.25, 0.3) is 0 Å². The molecule has 2 heterocycles. The molecule has 7 nitrogen and oxygen atoms in total. The van der Waals surface area contributed by atoms with Crippen molar-refractivity contribution in [3.05, 3.63) is 63.6 Å². The molecule has 0 fully saturated rings. The van der Waals surface area contributed by atoms with Gasteiger partial charge in [0.05, 0.1) is 0 Å². The van der Waals surface area contributed by atoms with Crippen LogP contribution in [-0.2, 0) is 22.6 Å². The Kier molecular flexibility index (Phi) is 5.06. The summed E-state index contributed by atoms with van der Waals surface area (Å²) in [7, 11) is 1.55. The number of carbonyl (C=O) groups is 2. The van der Waals surface area contributed by atoms with Crippen LogP contribution in [0.2, 0.25) is 0 Å². The topological polar surface area (TPSA) is 91.5 Å². The fourth-order valence-electron chi connectivity index (χ4n) is 3.08. The highest BCUT2D eigenvalue weighted by Gasteiger charge is 2.34. The summed E-state index contributed by atoms with van der Waals surface area (Å²) >= 11 is 0. The van der Waals surface area contributed by atoms with Gasteiger partial charge in [-0.2, -0.15) is 0 Å². The molecule has 1 aliphatic heterocycles. The smallest absolute Gasteiger partial charge is 0.261 e. The lowest BCUT2D eigenvalue weighted by atomic mass is 9.93. The number of H-pyrrole nitrogens is 1. The molecule has 2 amide bonds. The summed E-state index contributed by atoms with van der Waals surface area (Å²) in [5, 5.41) is 2.61. The highest BCUT2D eigenvalue weighted by molar-refractivity contribution is 5.88. The third kappa shape index (κ3) is 3.61. The van der Waals surface area contributed by atoms with Gasteiger partial charge in [-0.1, -0.05) is 24.3 Å². The number of aryl methyl sites for hydroxylation is 1. The second-order valence-corrected chi connectivity index (χ2v) is 6.26. The zero-order chi connectivity index (χ0) is 18.7. The van der Waals surface area contributed by atoms with E-state index in [2.05, 4.69) is 10.3 Å². The van der Waals surface area contributed by atoms with Crippen molar-refractivity contribution < 1.29 is 14.3 Å². The molecule has 3 rings (SSSR count). The van der Waals surface area contributed by atoms with Crippen molar-refractivity contribution in [2.24, 2.45) is 0 Å². The number of nitrogens with one attached hydrogen (secondary N) is 2. The van der Waals surface area contributed by atoms with Crippen LogP contribution in [-0.4, -0.2) is 41.4 Å². The number of benzene rings is 1. The zero-order valence-electron chi connectivity index (χ0n) is 14.7. The number of likely N-dealkylation sites (N-methyl/N-ethyl adjacent to an activating group) is 1. The Morgan fingerprint density at radius 1 is 1.31 bits per heavy atom.